The standard InChI is InChI=1S/C30H27ClF3N5O3S3/c1-43-22-10-8-21(9-11-22)39-27(24-13-12-23(16-25(24)31)44-15-3-14-35-45(2,41)42)17-26-28(37-39)29(40)38(36-26)18-19-4-6-20(7-5-19)30(32,33)34/h4-13,16-17,35H,3,14-15,18H2,1-2H3. The SMILES string of the molecule is CSc1ccc(-n2nc3c(=O)n(Cc4ccc(C(F)(F)F)cc4)nc-3cc2-c2ccc(SCCCNS(C)(=O)=O)cc2Cl)cc1. The average molecular weight is 694 g/mol. The Morgan fingerprint density at radius 1 is 0.956 bits per heavy atom. The lowest BCUT2D eigenvalue weighted by Crippen LogP contribution is -2.23. The molecule has 0 atom stereocenters. The van der Waals surface area contributed by atoms with Crippen LogP contribution in [0, 0.1) is 0 Å². The zero-order chi connectivity index (χ0) is 32.4. The van der Waals surface area contributed by atoms with E-state index in [0.717, 1.165) is 28.2 Å². The molecular formula is C30H27ClF3N5O3S3. The Morgan fingerprint density at radius 2 is 1.64 bits per heavy atom. The van der Waals surface area contributed by atoms with E-state index in [2.05, 4.69) is 14.9 Å². The minimum Gasteiger partial charge on any atom is -0.265 e. The van der Waals surface area contributed by atoms with E-state index >= 15 is 0 Å². The fourth-order valence-corrected chi connectivity index (χ4v) is 6.65. The Morgan fingerprint density at radius 3 is 2.27 bits per heavy atom. The van der Waals surface area contributed by atoms with Gasteiger partial charge in [0.05, 0.1) is 34.8 Å². The Kier molecular flexibility index (Phi) is 9.99. The fraction of sp³-hybridized carbons (Fsp3) is 0.233. The molecule has 15 heteroatoms. The number of benzene rings is 3. The van der Waals surface area contributed by atoms with E-state index < -0.39 is 27.3 Å². The van der Waals surface area contributed by atoms with Crippen LogP contribution in [0.15, 0.2) is 87.4 Å². The first kappa shape index (κ1) is 33.1. The van der Waals surface area contributed by atoms with Crippen molar-refractivity contribution in [3.63, 3.8) is 0 Å². The van der Waals surface area contributed by atoms with Gasteiger partial charge in [0.15, 0.2) is 5.69 Å². The molecule has 2 aliphatic rings. The molecule has 0 aliphatic carbocycles. The summed E-state index contributed by atoms with van der Waals surface area (Å²) in [5.74, 6) is 0.677. The molecule has 0 bridgehead atoms. The van der Waals surface area contributed by atoms with Crippen LogP contribution in [0.3, 0.4) is 0 Å². The summed E-state index contributed by atoms with van der Waals surface area (Å²) in [6.07, 6.45) is -0.735. The molecule has 2 aliphatic heterocycles. The zero-order valence-corrected chi connectivity index (χ0v) is 27.2. The molecule has 0 aromatic heterocycles. The summed E-state index contributed by atoms with van der Waals surface area (Å²) in [5, 5.41) is 9.58. The molecule has 236 valence electrons. The molecule has 3 aromatic carbocycles. The van der Waals surface area contributed by atoms with Gasteiger partial charge < -0.3 is 0 Å². The van der Waals surface area contributed by atoms with E-state index in [1.165, 1.54) is 16.8 Å². The molecule has 1 N–H and O–H groups in total. The smallest absolute Gasteiger partial charge is 0.265 e. The highest BCUT2D eigenvalue weighted by Crippen LogP contribution is 2.35. The Bertz CT molecular complexity index is 1950. The van der Waals surface area contributed by atoms with E-state index in [1.54, 1.807) is 34.3 Å². The van der Waals surface area contributed by atoms with Gasteiger partial charge in [-0.2, -0.15) is 23.4 Å². The monoisotopic (exact) mass is 693 g/mol. The number of sulfonamides is 1. The van der Waals surface area contributed by atoms with E-state index in [1.807, 2.05) is 48.7 Å². The van der Waals surface area contributed by atoms with Crippen molar-refractivity contribution in [1.29, 1.82) is 0 Å². The molecule has 0 unspecified atom stereocenters. The third-order valence-corrected chi connectivity index (χ3v) is 9.58. The molecule has 0 spiro atoms. The number of aromatic nitrogens is 4. The molecule has 3 aromatic rings. The maximum Gasteiger partial charge on any atom is 0.416 e. The van der Waals surface area contributed by atoms with Crippen molar-refractivity contribution in [2.75, 3.05) is 24.8 Å². The Labute approximate surface area is 271 Å². The van der Waals surface area contributed by atoms with E-state index in [0.29, 0.717) is 51.9 Å². The number of nitrogens with one attached hydrogen (secondary N) is 1. The molecule has 45 heavy (non-hydrogen) atoms. The molecular weight excluding hydrogens is 667 g/mol. The minimum absolute atomic E-state index is 0.0303. The van der Waals surface area contributed by atoms with Crippen LogP contribution in [-0.4, -0.2) is 52.8 Å². The molecule has 0 fully saturated rings. The van der Waals surface area contributed by atoms with Gasteiger partial charge in [-0.05, 0) is 78.6 Å². The fourth-order valence-electron chi connectivity index (χ4n) is 4.49. The van der Waals surface area contributed by atoms with Gasteiger partial charge in [-0.3, -0.25) is 4.79 Å². The van der Waals surface area contributed by atoms with Crippen molar-refractivity contribution in [2.24, 2.45) is 0 Å². The second-order valence-corrected chi connectivity index (χ2v) is 14.3. The molecule has 0 saturated carbocycles. The second-order valence-electron chi connectivity index (χ2n) is 10.0. The number of fused-ring (bicyclic) bond motifs is 1. The van der Waals surface area contributed by atoms with Crippen molar-refractivity contribution in [3.05, 3.63) is 99.3 Å². The summed E-state index contributed by atoms with van der Waals surface area (Å²) >= 11 is 9.92. The first-order valence-electron chi connectivity index (χ1n) is 13.5. The molecule has 0 amide bonds. The van der Waals surface area contributed by atoms with Gasteiger partial charge in [-0.1, -0.05) is 29.8 Å². The third-order valence-electron chi connectivity index (χ3n) is 6.71. The highest BCUT2D eigenvalue weighted by molar-refractivity contribution is 7.99. The Balaban J connectivity index is 1.50. The number of thioether (sulfide) groups is 2. The molecule has 0 saturated heterocycles. The first-order valence-corrected chi connectivity index (χ1v) is 18.0. The number of hydrogen-bond donors (Lipinski definition) is 1. The Hall–Kier alpha value is -3.30. The number of rotatable bonds is 11. The quantitative estimate of drug-likeness (QED) is 0.122. The summed E-state index contributed by atoms with van der Waals surface area (Å²) in [5.41, 5.74) is 1.56. The van der Waals surface area contributed by atoms with Crippen LogP contribution in [0.1, 0.15) is 17.5 Å². The molecule has 0 radical (unpaired) electrons. The van der Waals surface area contributed by atoms with Crippen LogP contribution < -0.4 is 10.3 Å². The lowest BCUT2D eigenvalue weighted by molar-refractivity contribution is -0.137. The van der Waals surface area contributed by atoms with Crippen molar-refractivity contribution in [1.82, 2.24) is 24.3 Å². The van der Waals surface area contributed by atoms with Gasteiger partial charge >= 0.3 is 6.18 Å². The van der Waals surface area contributed by atoms with E-state index in [4.69, 9.17) is 11.6 Å². The minimum atomic E-state index is -4.46. The van der Waals surface area contributed by atoms with E-state index in [-0.39, 0.29) is 12.2 Å². The summed E-state index contributed by atoms with van der Waals surface area (Å²) < 4.78 is 66.8. The lowest BCUT2D eigenvalue weighted by atomic mass is 10.1. The predicted molar refractivity (Wildman–Crippen MR) is 173 cm³/mol. The van der Waals surface area contributed by atoms with Gasteiger partial charge in [0.1, 0.15) is 5.69 Å². The topological polar surface area (TPSA) is 98.9 Å². The van der Waals surface area contributed by atoms with Crippen molar-refractivity contribution in [3.8, 4) is 28.3 Å². The van der Waals surface area contributed by atoms with Crippen LogP contribution in [0.4, 0.5) is 13.2 Å². The number of alkyl halides is 3. The highest BCUT2D eigenvalue weighted by Gasteiger charge is 2.30. The number of halogens is 4. The van der Waals surface area contributed by atoms with Gasteiger partial charge in [-0.15, -0.1) is 23.5 Å². The van der Waals surface area contributed by atoms with Crippen molar-refractivity contribution in [2.45, 2.75) is 28.9 Å². The highest BCUT2D eigenvalue weighted by atomic mass is 35.5. The van der Waals surface area contributed by atoms with Crippen LogP contribution in [-0.2, 0) is 22.7 Å². The van der Waals surface area contributed by atoms with Gasteiger partial charge in [0.25, 0.3) is 5.56 Å². The van der Waals surface area contributed by atoms with Crippen molar-refractivity contribution < 1.29 is 21.6 Å². The average Bonchev–Trinajstić information content (AvgIpc) is 3.29. The zero-order valence-electron chi connectivity index (χ0n) is 24.0. The van der Waals surface area contributed by atoms with Crippen molar-refractivity contribution >= 4 is 45.1 Å². The third kappa shape index (κ3) is 8.11. The maximum absolute atomic E-state index is 13.4. The second kappa shape index (κ2) is 13.6. The first-order chi connectivity index (χ1) is 21.3. The van der Waals surface area contributed by atoms with Gasteiger partial charge in [0, 0.05) is 21.9 Å². The van der Waals surface area contributed by atoms with Gasteiger partial charge in [0.2, 0.25) is 10.0 Å². The number of nitrogens with zero attached hydrogens (tertiary/aromatic N) is 4. The maximum atomic E-state index is 13.4. The lowest BCUT2D eigenvalue weighted by Gasteiger charge is -2.16. The van der Waals surface area contributed by atoms with Crippen LogP contribution >= 0.6 is 35.1 Å². The van der Waals surface area contributed by atoms with Crippen LogP contribution in [0.5, 0.6) is 0 Å². The van der Waals surface area contributed by atoms with Crippen LogP contribution in [0.25, 0.3) is 28.3 Å². The van der Waals surface area contributed by atoms with Gasteiger partial charge in [-0.25, -0.2) is 22.5 Å². The largest absolute Gasteiger partial charge is 0.416 e. The summed E-state index contributed by atoms with van der Waals surface area (Å²) in [6.45, 7) is 0.309. The molecule has 2 heterocycles. The summed E-state index contributed by atoms with van der Waals surface area (Å²) in [4.78, 5) is 15.3. The summed E-state index contributed by atoms with van der Waals surface area (Å²) in [7, 11) is -3.24. The molecule has 5 rings (SSSR count). The summed E-state index contributed by atoms with van der Waals surface area (Å²) in [6, 6.07) is 19.5. The van der Waals surface area contributed by atoms with Crippen LogP contribution in [0.2, 0.25) is 5.02 Å². The predicted octanol–water partition coefficient (Wildman–Crippen LogP) is 6.67. The molecule has 8 nitrogen and oxygen atoms in total. The number of hydrogen-bond acceptors (Lipinski definition) is 7. The van der Waals surface area contributed by atoms with E-state index in [9.17, 15) is 26.4 Å². The normalized spacial score (nSPS) is 12.2.